The molecule has 0 aliphatic carbocycles. The predicted molar refractivity (Wildman–Crippen MR) is 132 cm³/mol. The second kappa shape index (κ2) is 13.4. The molecule has 0 aliphatic heterocycles. The maximum absolute atomic E-state index is 12.7. The van der Waals surface area contributed by atoms with Crippen LogP contribution in [0.3, 0.4) is 0 Å². The Labute approximate surface area is 204 Å². The van der Waals surface area contributed by atoms with E-state index in [4.69, 9.17) is 11.5 Å². The molecule has 0 aliphatic rings. The van der Waals surface area contributed by atoms with E-state index in [9.17, 15) is 24.3 Å². The Hall–Kier alpha value is -3.44. The molecule has 1 aromatic heterocycles. The Kier molecular flexibility index (Phi) is 10.7. The van der Waals surface area contributed by atoms with Crippen molar-refractivity contribution in [3.05, 3.63) is 36.0 Å². The zero-order chi connectivity index (χ0) is 26.0. The van der Waals surface area contributed by atoms with Crippen LogP contribution in [0.25, 0.3) is 10.9 Å². The number of hydrogen-bond donors (Lipinski definition) is 7. The molecule has 0 saturated carbocycles. The SMILES string of the molecule is CC(C)C(NC(=O)C(CCCCN)NC(=O)CNC(=O)C(N)Cc1c[nH]c2ccccc12)C(=O)O. The second-order valence-corrected chi connectivity index (χ2v) is 8.86. The number of aromatic nitrogens is 1. The summed E-state index contributed by atoms with van der Waals surface area (Å²) in [6.45, 7) is 3.41. The average molecular weight is 489 g/mol. The fourth-order valence-electron chi connectivity index (χ4n) is 3.70. The number of nitrogens with one attached hydrogen (secondary N) is 4. The van der Waals surface area contributed by atoms with Crippen LogP contribution < -0.4 is 27.4 Å². The molecule has 0 radical (unpaired) electrons. The van der Waals surface area contributed by atoms with Gasteiger partial charge in [-0.3, -0.25) is 14.4 Å². The number of carbonyl (C=O) groups is 4. The first-order chi connectivity index (χ1) is 16.6. The first-order valence-electron chi connectivity index (χ1n) is 11.7. The van der Waals surface area contributed by atoms with Crippen LogP contribution in [0, 0.1) is 5.92 Å². The Morgan fingerprint density at radius 2 is 1.77 bits per heavy atom. The molecule has 3 atom stereocenters. The van der Waals surface area contributed by atoms with Gasteiger partial charge in [-0.2, -0.15) is 0 Å². The van der Waals surface area contributed by atoms with Gasteiger partial charge in [0.25, 0.3) is 0 Å². The van der Waals surface area contributed by atoms with Crippen molar-refractivity contribution >= 4 is 34.6 Å². The van der Waals surface area contributed by atoms with Gasteiger partial charge in [0.2, 0.25) is 17.7 Å². The first kappa shape index (κ1) is 27.8. The molecular formula is C24H36N6O5. The molecule has 1 heterocycles. The lowest BCUT2D eigenvalue weighted by molar-refractivity contribution is -0.143. The molecule has 9 N–H and O–H groups in total. The summed E-state index contributed by atoms with van der Waals surface area (Å²) in [5.74, 6) is -3.17. The highest BCUT2D eigenvalue weighted by molar-refractivity contribution is 5.93. The van der Waals surface area contributed by atoms with Gasteiger partial charge in [0.15, 0.2) is 0 Å². The number of carbonyl (C=O) groups excluding carboxylic acids is 3. The summed E-state index contributed by atoms with van der Waals surface area (Å²) in [4.78, 5) is 52.2. The summed E-state index contributed by atoms with van der Waals surface area (Å²) in [6, 6.07) is 4.76. The summed E-state index contributed by atoms with van der Waals surface area (Å²) in [5, 5.41) is 17.9. The minimum Gasteiger partial charge on any atom is -0.480 e. The maximum Gasteiger partial charge on any atom is 0.326 e. The number of fused-ring (bicyclic) bond motifs is 1. The van der Waals surface area contributed by atoms with Crippen molar-refractivity contribution in [2.45, 2.75) is 57.7 Å². The zero-order valence-corrected chi connectivity index (χ0v) is 20.2. The summed E-state index contributed by atoms with van der Waals surface area (Å²) in [7, 11) is 0. The van der Waals surface area contributed by atoms with Crippen LogP contribution in [0.4, 0.5) is 0 Å². The minimum absolute atomic E-state index is 0.285. The summed E-state index contributed by atoms with van der Waals surface area (Å²) < 4.78 is 0. The van der Waals surface area contributed by atoms with Crippen molar-refractivity contribution in [2.75, 3.05) is 13.1 Å². The smallest absolute Gasteiger partial charge is 0.326 e. The Morgan fingerprint density at radius 3 is 2.43 bits per heavy atom. The van der Waals surface area contributed by atoms with E-state index < -0.39 is 41.8 Å². The van der Waals surface area contributed by atoms with E-state index in [1.807, 2.05) is 24.3 Å². The van der Waals surface area contributed by atoms with Crippen LogP contribution in [0.5, 0.6) is 0 Å². The molecule has 11 heteroatoms. The van der Waals surface area contributed by atoms with Gasteiger partial charge >= 0.3 is 5.97 Å². The molecule has 0 spiro atoms. The number of carboxylic acid groups (broad SMARTS) is 1. The number of carboxylic acids is 1. The number of para-hydroxylation sites is 1. The summed E-state index contributed by atoms with van der Waals surface area (Å²) in [6.07, 6.45) is 3.58. The van der Waals surface area contributed by atoms with Gasteiger partial charge in [0.1, 0.15) is 12.1 Å². The van der Waals surface area contributed by atoms with Crippen LogP contribution in [-0.2, 0) is 25.6 Å². The molecule has 11 nitrogen and oxygen atoms in total. The van der Waals surface area contributed by atoms with Crippen LogP contribution in [0.15, 0.2) is 30.5 Å². The molecule has 2 rings (SSSR count). The molecule has 192 valence electrons. The standard InChI is InChI=1S/C24H36N6O5/c1-14(2)21(24(34)35)30-23(33)19(9-5-6-10-25)29-20(31)13-28-22(32)17(26)11-15-12-27-18-8-4-3-7-16(15)18/h3-4,7-8,12,14,17,19,21,27H,5-6,9-11,13,25-26H2,1-2H3,(H,28,32)(H,29,31)(H,30,33)(H,34,35). The highest BCUT2D eigenvalue weighted by Gasteiger charge is 2.28. The number of hydrogen-bond acceptors (Lipinski definition) is 6. The predicted octanol–water partition coefficient (Wildman–Crippen LogP) is -0.00690. The fraction of sp³-hybridized carbons (Fsp3) is 0.500. The number of amides is 3. The van der Waals surface area contributed by atoms with Gasteiger partial charge in [-0.05, 0) is 49.8 Å². The van der Waals surface area contributed by atoms with Gasteiger partial charge in [-0.25, -0.2) is 4.79 Å². The number of aromatic amines is 1. The number of rotatable bonds is 14. The van der Waals surface area contributed by atoms with Gasteiger partial charge in [0, 0.05) is 17.1 Å². The largest absolute Gasteiger partial charge is 0.480 e. The lowest BCUT2D eigenvalue weighted by atomic mass is 10.0. The topological polar surface area (TPSA) is 192 Å². The summed E-state index contributed by atoms with van der Waals surface area (Å²) in [5.41, 5.74) is 13.4. The molecule has 35 heavy (non-hydrogen) atoms. The first-order valence-corrected chi connectivity index (χ1v) is 11.7. The third-order valence-corrected chi connectivity index (χ3v) is 5.70. The minimum atomic E-state index is -1.16. The Morgan fingerprint density at radius 1 is 1.06 bits per heavy atom. The third kappa shape index (κ3) is 8.37. The lowest BCUT2D eigenvalue weighted by Crippen LogP contribution is -2.54. The number of benzene rings is 1. The fourth-order valence-corrected chi connectivity index (χ4v) is 3.70. The Balaban J connectivity index is 1.92. The van der Waals surface area contributed by atoms with Gasteiger partial charge in [0.05, 0.1) is 12.6 Å². The van der Waals surface area contributed by atoms with Crippen LogP contribution in [0.1, 0.15) is 38.7 Å². The second-order valence-electron chi connectivity index (χ2n) is 8.86. The monoisotopic (exact) mass is 488 g/mol. The van der Waals surface area contributed by atoms with Gasteiger partial charge in [-0.1, -0.05) is 32.0 Å². The number of nitrogens with two attached hydrogens (primary N) is 2. The van der Waals surface area contributed by atoms with Crippen LogP contribution >= 0.6 is 0 Å². The van der Waals surface area contributed by atoms with Crippen LogP contribution in [0.2, 0.25) is 0 Å². The quantitative estimate of drug-likeness (QED) is 0.182. The molecule has 0 bridgehead atoms. The van der Waals surface area contributed by atoms with E-state index in [0.717, 1.165) is 16.5 Å². The van der Waals surface area contributed by atoms with Crippen molar-refractivity contribution in [1.82, 2.24) is 20.9 Å². The van der Waals surface area contributed by atoms with Crippen molar-refractivity contribution < 1.29 is 24.3 Å². The molecule has 0 saturated heterocycles. The third-order valence-electron chi connectivity index (χ3n) is 5.70. The van der Waals surface area contributed by atoms with E-state index in [-0.39, 0.29) is 25.3 Å². The van der Waals surface area contributed by atoms with E-state index >= 15 is 0 Å². The average Bonchev–Trinajstić information content (AvgIpc) is 3.22. The summed E-state index contributed by atoms with van der Waals surface area (Å²) >= 11 is 0. The number of unbranched alkanes of at least 4 members (excludes halogenated alkanes) is 1. The van der Waals surface area contributed by atoms with E-state index in [1.165, 1.54) is 0 Å². The molecule has 0 fully saturated rings. The highest BCUT2D eigenvalue weighted by atomic mass is 16.4. The Bertz CT molecular complexity index is 1020. The molecule has 3 amide bonds. The van der Waals surface area contributed by atoms with Crippen molar-refractivity contribution in [1.29, 1.82) is 0 Å². The van der Waals surface area contributed by atoms with Crippen molar-refractivity contribution in [3.63, 3.8) is 0 Å². The normalized spacial score (nSPS) is 13.7. The molecule has 2 aromatic rings. The zero-order valence-electron chi connectivity index (χ0n) is 20.2. The van der Waals surface area contributed by atoms with Crippen LogP contribution in [-0.4, -0.2) is 65.0 Å². The van der Waals surface area contributed by atoms with Gasteiger partial charge < -0.3 is 37.5 Å². The lowest BCUT2D eigenvalue weighted by Gasteiger charge is -2.23. The molecular weight excluding hydrogens is 452 g/mol. The number of aliphatic carboxylic acids is 1. The highest BCUT2D eigenvalue weighted by Crippen LogP contribution is 2.18. The van der Waals surface area contributed by atoms with Gasteiger partial charge in [-0.15, -0.1) is 0 Å². The molecule has 3 unspecified atom stereocenters. The van der Waals surface area contributed by atoms with Crippen molar-refractivity contribution in [2.24, 2.45) is 17.4 Å². The van der Waals surface area contributed by atoms with E-state index in [2.05, 4.69) is 20.9 Å². The van der Waals surface area contributed by atoms with E-state index in [1.54, 1.807) is 20.0 Å². The van der Waals surface area contributed by atoms with Crippen molar-refractivity contribution in [3.8, 4) is 0 Å². The van der Waals surface area contributed by atoms with E-state index in [0.29, 0.717) is 19.4 Å². The maximum atomic E-state index is 12.7. The molecule has 1 aromatic carbocycles. The number of H-pyrrole nitrogens is 1.